The summed E-state index contributed by atoms with van der Waals surface area (Å²) in [5.41, 5.74) is 6.50. The Balaban J connectivity index is 2.25. The van der Waals surface area contributed by atoms with E-state index in [2.05, 4.69) is 0 Å². The van der Waals surface area contributed by atoms with Gasteiger partial charge in [-0.15, -0.1) is 0 Å². The Morgan fingerprint density at radius 1 is 1.00 bits per heavy atom. The molecule has 2 rings (SSSR count). The monoisotopic (exact) mass is 259 g/mol. The summed E-state index contributed by atoms with van der Waals surface area (Å²) in [6.45, 7) is 2.47. The van der Waals surface area contributed by atoms with Gasteiger partial charge in [0, 0.05) is 6.07 Å². The smallest absolute Gasteiger partial charge is 0.154 e. The first-order valence-corrected chi connectivity index (χ1v) is 6.07. The van der Waals surface area contributed by atoms with Crippen LogP contribution in [0.15, 0.2) is 42.5 Å². The van der Waals surface area contributed by atoms with Crippen molar-refractivity contribution in [3.8, 4) is 23.0 Å². The Hall–Kier alpha value is -2.36. The molecule has 0 amide bonds. The molecule has 0 fully saturated rings. The molecule has 0 radical (unpaired) electrons. The molecule has 0 aromatic heterocycles. The number of hydrogen-bond donors (Lipinski definition) is 1. The van der Waals surface area contributed by atoms with E-state index in [1.165, 1.54) is 0 Å². The fourth-order valence-corrected chi connectivity index (χ4v) is 1.69. The van der Waals surface area contributed by atoms with Crippen molar-refractivity contribution in [2.45, 2.75) is 6.92 Å². The van der Waals surface area contributed by atoms with E-state index in [9.17, 15) is 0 Å². The highest BCUT2D eigenvalue weighted by atomic mass is 16.5. The Labute approximate surface area is 112 Å². The van der Waals surface area contributed by atoms with Gasteiger partial charge in [0.05, 0.1) is 13.7 Å². The third-order valence-corrected chi connectivity index (χ3v) is 2.59. The molecule has 0 atom stereocenters. The number of nitrogens with two attached hydrogens (primary N) is 1. The van der Waals surface area contributed by atoms with Crippen LogP contribution in [0.25, 0.3) is 0 Å². The first kappa shape index (κ1) is 13.1. The summed E-state index contributed by atoms with van der Waals surface area (Å²) in [7, 11) is 1.61. The van der Waals surface area contributed by atoms with Crippen molar-refractivity contribution in [2.24, 2.45) is 0 Å². The van der Waals surface area contributed by atoms with E-state index in [0.29, 0.717) is 29.5 Å². The summed E-state index contributed by atoms with van der Waals surface area (Å²) in [4.78, 5) is 0. The van der Waals surface area contributed by atoms with E-state index >= 15 is 0 Å². The summed E-state index contributed by atoms with van der Waals surface area (Å²) < 4.78 is 16.3. The molecule has 0 aliphatic rings. The van der Waals surface area contributed by atoms with Gasteiger partial charge in [0.25, 0.3) is 0 Å². The van der Waals surface area contributed by atoms with Crippen molar-refractivity contribution in [1.82, 2.24) is 0 Å². The molecule has 100 valence electrons. The van der Waals surface area contributed by atoms with Crippen molar-refractivity contribution in [2.75, 3.05) is 19.5 Å². The highest BCUT2D eigenvalue weighted by molar-refractivity contribution is 5.63. The zero-order chi connectivity index (χ0) is 13.7. The summed E-state index contributed by atoms with van der Waals surface area (Å²) in [6, 6.07) is 12.8. The van der Waals surface area contributed by atoms with E-state index in [1.54, 1.807) is 19.2 Å². The van der Waals surface area contributed by atoms with Crippen LogP contribution in [0.1, 0.15) is 6.92 Å². The van der Waals surface area contributed by atoms with Crippen LogP contribution in [0, 0.1) is 0 Å². The average Bonchev–Trinajstić information content (AvgIpc) is 2.44. The number of anilines is 1. The van der Waals surface area contributed by atoms with Crippen LogP contribution >= 0.6 is 0 Å². The lowest BCUT2D eigenvalue weighted by molar-refractivity contribution is 0.340. The Bertz CT molecular complexity index is 555. The van der Waals surface area contributed by atoms with Gasteiger partial charge in [-0.05, 0) is 31.2 Å². The van der Waals surface area contributed by atoms with Crippen molar-refractivity contribution >= 4 is 5.69 Å². The zero-order valence-corrected chi connectivity index (χ0v) is 11.1. The third-order valence-electron chi connectivity index (χ3n) is 2.59. The van der Waals surface area contributed by atoms with Crippen LogP contribution in [0.5, 0.6) is 23.0 Å². The first-order chi connectivity index (χ1) is 9.24. The van der Waals surface area contributed by atoms with Crippen LogP contribution in [0.3, 0.4) is 0 Å². The molecule has 0 unspecified atom stereocenters. The SMILES string of the molecule is CCOc1cccc(Oc2cccc(OC)c2)c1N. The highest BCUT2D eigenvalue weighted by Gasteiger charge is 2.08. The highest BCUT2D eigenvalue weighted by Crippen LogP contribution is 2.35. The zero-order valence-electron chi connectivity index (χ0n) is 11.1. The number of para-hydroxylation sites is 1. The van der Waals surface area contributed by atoms with E-state index in [4.69, 9.17) is 19.9 Å². The second-order valence-electron chi connectivity index (χ2n) is 3.88. The average molecular weight is 259 g/mol. The molecule has 4 heteroatoms. The van der Waals surface area contributed by atoms with Crippen molar-refractivity contribution in [3.63, 3.8) is 0 Å². The molecule has 19 heavy (non-hydrogen) atoms. The number of hydrogen-bond acceptors (Lipinski definition) is 4. The fraction of sp³-hybridized carbons (Fsp3) is 0.200. The van der Waals surface area contributed by atoms with E-state index in [1.807, 2.05) is 37.3 Å². The predicted molar refractivity (Wildman–Crippen MR) is 75.1 cm³/mol. The minimum Gasteiger partial charge on any atom is -0.497 e. The van der Waals surface area contributed by atoms with Gasteiger partial charge in [-0.3, -0.25) is 0 Å². The van der Waals surface area contributed by atoms with Gasteiger partial charge >= 0.3 is 0 Å². The standard InChI is InChI=1S/C15H17NO3/c1-3-18-13-8-5-9-14(15(13)16)19-12-7-4-6-11(10-12)17-2/h4-10H,3,16H2,1-2H3. The van der Waals surface area contributed by atoms with Gasteiger partial charge in [0.15, 0.2) is 5.75 Å². The van der Waals surface area contributed by atoms with E-state index < -0.39 is 0 Å². The minimum atomic E-state index is 0.493. The molecule has 0 spiro atoms. The molecule has 0 heterocycles. The topological polar surface area (TPSA) is 53.7 Å². The third kappa shape index (κ3) is 3.10. The molecular formula is C15H17NO3. The van der Waals surface area contributed by atoms with Crippen LogP contribution in [0.2, 0.25) is 0 Å². The van der Waals surface area contributed by atoms with Gasteiger partial charge in [-0.2, -0.15) is 0 Å². The lowest BCUT2D eigenvalue weighted by atomic mass is 10.2. The normalized spacial score (nSPS) is 10.0. The van der Waals surface area contributed by atoms with Gasteiger partial charge in [-0.25, -0.2) is 0 Å². The second kappa shape index (κ2) is 6.00. The molecule has 2 aromatic carbocycles. The quantitative estimate of drug-likeness (QED) is 0.835. The van der Waals surface area contributed by atoms with Gasteiger partial charge < -0.3 is 19.9 Å². The number of rotatable bonds is 5. The Morgan fingerprint density at radius 2 is 1.68 bits per heavy atom. The molecule has 2 aromatic rings. The maximum Gasteiger partial charge on any atom is 0.154 e. The van der Waals surface area contributed by atoms with Gasteiger partial charge in [0.2, 0.25) is 0 Å². The molecule has 0 aliphatic carbocycles. The predicted octanol–water partition coefficient (Wildman–Crippen LogP) is 3.47. The molecule has 4 nitrogen and oxygen atoms in total. The van der Waals surface area contributed by atoms with Crippen molar-refractivity contribution < 1.29 is 14.2 Å². The molecule has 0 aliphatic heterocycles. The molecule has 2 N–H and O–H groups in total. The summed E-state index contributed by atoms with van der Waals surface area (Å²) in [6.07, 6.45) is 0. The number of benzene rings is 2. The lowest BCUT2D eigenvalue weighted by Gasteiger charge is -2.12. The van der Waals surface area contributed by atoms with Gasteiger partial charge in [-0.1, -0.05) is 12.1 Å². The minimum absolute atomic E-state index is 0.493. The number of nitrogen functional groups attached to an aromatic ring is 1. The van der Waals surface area contributed by atoms with E-state index in [0.717, 1.165) is 5.75 Å². The Morgan fingerprint density at radius 3 is 2.42 bits per heavy atom. The molecular weight excluding hydrogens is 242 g/mol. The summed E-state index contributed by atoms with van der Waals surface area (Å²) in [5, 5.41) is 0. The molecule has 0 bridgehead atoms. The maximum atomic E-state index is 6.01. The van der Waals surface area contributed by atoms with Crippen LogP contribution in [0.4, 0.5) is 5.69 Å². The van der Waals surface area contributed by atoms with Crippen LogP contribution in [-0.2, 0) is 0 Å². The number of ether oxygens (including phenoxy) is 3. The first-order valence-electron chi connectivity index (χ1n) is 6.07. The Kier molecular flexibility index (Phi) is 4.13. The molecule has 0 saturated carbocycles. The summed E-state index contributed by atoms with van der Waals surface area (Å²) in [5.74, 6) is 2.60. The lowest BCUT2D eigenvalue weighted by Crippen LogP contribution is -1.99. The van der Waals surface area contributed by atoms with Crippen LogP contribution < -0.4 is 19.9 Å². The fourth-order valence-electron chi connectivity index (χ4n) is 1.69. The summed E-state index contributed by atoms with van der Waals surface area (Å²) >= 11 is 0. The number of methoxy groups -OCH3 is 1. The van der Waals surface area contributed by atoms with Crippen molar-refractivity contribution in [1.29, 1.82) is 0 Å². The van der Waals surface area contributed by atoms with Crippen LogP contribution in [-0.4, -0.2) is 13.7 Å². The largest absolute Gasteiger partial charge is 0.497 e. The maximum absolute atomic E-state index is 6.01. The van der Waals surface area contributed by atoms with Gasteiger partial charge in [0.1, 0.15) is 22.9 Å². The van der Waals surface area contributed by atoms with E-state index in [-0.39, 0.29) is 0 Å². The molecule has 0 saturated heterocycles. The van der Waals surface area contributed by atoms with Crippen molar-refractivity contribution in [3.05, 3.63) is 42.5 Å². The second-order valence-corrected chi connectivity index (χ2v) is 3.88.